The number of nitrogens with zero attached hydrogens (tertiary/aromatic N) is 2. The molecular weight excluding hydrogens is 196 g/mol. The fourth-order valence-corrected chi connectivity index (χ4v) is 2.17. The van der Waals surface area contributed by atoms with Crippen molar-refractivity contribution in [3.05, 3.63) is 36.0 Å². The summed E-state index contributed by atoms with van der Waals surface area (Å²) in [7, 11) is 6.36. The first-order chi connectivity index (χ1) is 7.68. The van der Waals surface area contributed by atoms with Gasteiger partial charge in [-0.1, -0.05) is 12.1 Å². The topological polar surface area (TPSA) is 8.17 Å². The third kappa shape index (κ3) is 2.27. The Labute approximate surface area is 97.5 Å². The van der Waals surface area contributed by atoms with Crippen molar-refractivity contribution in [2.24, 2.45) is 7.05 Å². The maximum atomic E-state index is 2.25. The van der Waals surface area contributed by atoms with E-state index in [0.717, 1.165) is 6.54 Å². The molecule has 0 saturated heterocycles. The first kappa shape index (κ1) is 11.2. The summed E-state index contributed by atoms with van der Waals surface area (Å²) in [6.45, 7) is 1.16. The van der Waals surface area contributed by atoms with E-state index in [9.17, 15) is 0 Å². The van der Waals surface area contributed by atoms with Crippen molar-refractivity contribution in [2.45, 2.75) is 12.8 Å². The zero-order chi connectivity index (χ0) is 11.5. The number of hydrogen-bond donors (Lipinski definition) is 0. The summed E-state index contributed by atoms with van der Waals surface area (Å²) >= 11 is 0. The summed E-state index contributed by atoms with van der Waals surface area (Å²) in [6.07, 6.45) is 4.53. The van der Waals surface area contributed by atoms with Crippen molar-refractivity contribution >= 4 is 10.9 Å². The van der Waals surface area contributed by atoms with Crippen molar-refractivity contribution < 1.29 is 0 Å². The molecule has 16 heavy (non-hydrogen) atoms. The van der Waals surface area contributed by atoms with Gasteiger partial charge in [-0.05, 0) is 51.2 Å². The highest BCUT2D eigenvalue weighted by molar-refractivity contribution is 5.83. The van der Waals surface area contributed by atoms with Gasteiger partial charge in [0.15, 0.2) is 0 Å². The molecule has 1 aromatic heterocycles. The second-order valence-electron chi connectivity index (χ2n) is 4.68. The molecule has 2 aromatic rings. The monoisotopic (exact) mass is 216 g/mol. The first-order valence-corrected chi connectivity index (χ1v) is 5.86. The Kier molecular flexibility index (Phi) is 3.30. The summed E-state index contributed by atoms with van der Waals surface area (Å²) < 4.78 is 2.19. The molecule has 0 atom stereocenters. The first-order valence-electron chi connectivity index (χ1n) is 5.86. The van der Waals surface area contributed by atoms with Gasteiger partial charge in [-0.15, -0.1) is 0 Å². The zero-order valence-corrected chi connectivity index (χ0v) is 10.4. The number of hydrogen-bond acceptors (Lipinski definition) is 1. The second-order valence-corrected chi connectivity index (χ2v) is 4.68. The van der Waals surface area contributed by atoms with E-state index in [1.807, 2.05) is 0 Å². The van der Waals surface area contributed by atoms with Gasteiger partial charge in [0.05, 0.1) is 0 Å². The van der Waals surface area contributed by atoms with E-state index in [-0.39, 0.29) is 0 Å². The minimum Gasteiger partial charge on any atom is -0.351 e. The van der Waals surface area contributed by atoms with Gasteiger partial charge in [-0.2, -0.15) is 0 Å². The van der Waals surface area contributed by atoms with E-state index in [1.54, 1.807) is 0 Å². The number of rotatable bonds is 4. The quantitative estimate of drug-likeness (QED) is 0.763. The molecule has 2 heteroatoms. The molecule has 0 radical (unpaired) electrons. The van der Waals surface area contributed by atoms with Crippen LogP contribution in [0, 0.1) is 0 Å². The predicted octanol–water partition coefficient (Wildman–Crippen LogP) is 2.67. The molecule has 0 aliphatic carbocycles. The Morgan fingerprint density at radius 2 is 2.00 bits per heavy atom. The summed E-state index contributed by atoms with van der Waals surface area (Å²) in [5.74, 6) is 0. The predicted molar refractivity (Wildman–Crippen MR) is 69.8 cm³/mol. The standard InChI is InChI=1S/C14H20N2/c1-15(2)10-5-7-12-6-4-8-14-13(12)9-11-16(14)3/h4,6,8-9,11H,5,7,10H2,1-3H3. The smallest absolute Gasteiger partial charge is 0.0480 e. The van der Waals surface area contributed by atoms with Crippen LogP contribution < -0.4 is 0 Å². The van der Waals surface area contributed by atoms with Crippen LogP contribution in [0.4, 0.5) is 0 Å². The van der Waals surface area contributed by atoms with E-state index in [2.05, 4.69) is 61.1 Å². The van der Waals surface area contributed by atoms with Crippen molar-refractivity contribution in [1.29, 1.82) is 0 Å². The fraction of sp³-hybridized carbons (Fsp3) is 0.429. The van der Waals surface area contributed by atoms with Crippen molar-refractivity contribution in [2.75, 3.05) is 20.6 Å². The minimum absolute atomic E-state index is 1.16. The third-order valence-corrected chi connectivity index (χ3v) is 3.07. The van der Waals surface area contributed by atoms with Crippen LogP contribution in [0.3, 0.4) is 0 Å². The molecule has 2 nitrogen and oxygen atoms in total. The normalized spacial score (nSPS) is 11.5. The van der Waals surface area contributed by atoms with Crippen molar-refractivity contribution in [3.8, 4) is 0 Å². The van der Waals surface area contributed by atoms with Gasteiger partial charge < -0.3 is 9.47 Å². The Bertz CT molecular complexity index is 469. The molecule has 0 unspecified atom stereocenters. The lowest BCUT2D eigenvalue weighted by atomic mass is 10.1. The van der Waals surface area contributed by atoms with E-state index < -0.39 is 0 Å². The molecule has 0 aliphatic rings. The molecule has 0 saturated carbocycles. The summed E-state index contributed by atoms with van der Waals surface area (Å²) in [5.41, 5.74) is 2.81. The molecule has 0 aliphatic heterocycles. The molecule has 0 N–H and O–H groups in total. The maximum Gasteiger partial charge on any atom is 0.0480 e. The van der Waals surface area contributed by atoms with E-state index in [1.165, 1.54) is 29.3 Å². The summed E-state index contributed by atoms with van der Waals surface area (Å²) in [5, 5.41) is 1.41. The minimum atomic E-state index is 1.16. The summed E-state index contributed by atoms with van der Waals surface area (Å²) in [4.78, 5) is 2.24. The summed E-state index contributed by atoms with van der Waals surface area (Å²) in [6, 6.07) is 8.82. The van der Waals surface area contributed by atoms with Gasteiger partial charge in [0.1, 0.15) is 0 Å². The van der Waals surface area contributed by atoms with Crippen molar-refractivity contribution in [3.63, 3.8) is 0 Å². The highest BCUT2D eigenvalue weighted by Gasteiger charge is 2.03. The Morgan fingerprint density at radius 3 is 2.75 bits per heavy atom. The van der Waals surface area contributed by atoms with Gasteiger partial charge in [0, 0.05) is 24.1 Å². The Hall–Kier alpha value is -1.28. The van der Waals surface area contributed by atoms with Crippen LogP contribution in [0.15, 0.2) is 30.5 Å². The molecule has 0 spiro atoms. The van der Waals surface area contributed by atoms with Gasteiger partial charge in [-0.3, -0.25) is 0 Å². The number of aryl methyl sites for hydroxylation is 2. The van der Waals surface area contributed by atoms with Crippen LogP contribution in [-0.4, -0.2) is 30.1 Å². The van der Waals surface area contributed by atoms with Gasteiger partial charge in [0.25, 0.3) is 0 Å². The average Bonchev–Trinajstić information content (AvgIpc) is 2.61. The van der Waals surface area contributed by atoms with E-state index >= 15 is 0 Å². The molecular formula is C14H20N2. The van der Waals surface area contributed by atoms with E-state index in [0.29, 0.717) is 0 Å². The number of aromatic nitrogens is 1. The number of fused-ring (bicyclic) bond motifs is 1. The Balaban J connectivity index is 2.17. The van der Waals surface area contributed by atoms with Gasteiger partial charge in [-0.25, -0.2) is 0 Å². The lowest BCUT2D eigenvalue weighted by Gasteiger charge is -2.09. The molecule has 2 rings (SSSR count). The molecule has 86 valence electrons. The SMILES string of the molecule is CN(C)CCCc1cccc2c1ccn2C. The number of benzene rings is 1. The van der Waals surface area contributed by atoms with Crippen molar-refractivity contribution in [1.82, 2.24) is 9.47 Å². The fourth-order valence-electron chi connectivity index (χ4n) is 2.17. The molecule has 0 amide bonds. The van der Waals surface area contributed by atoms with Gasteiger partial charge in [0.2, 0.25) is 0 Å². The average molecular weight is 216 g/mol. The molecule has 0 bridgehead atoms. The maximum absolute atomic E-state index is 2.25. The lowest BCUT2D eigenvalue weighted by molar-refractivity contribution is 0.400. The van der Waals surface area contributed by atoms with Crippen LogP contribution >= 0.6 is 0 Å². The highest BCUT2D eigenvalue weighted by Crippen LogP contribution is 2.20. The van der Waals surface area contributed by atoms with Crippen LogP contribution in [0.25, 0.3) is 10.9 Å². The van der Waals surface area contributed by atoms with Crippen LogP contribution in [-0.2, 0) is 13.5 Å². The van der Waals surface area contributed by atoms with Gasteiger partial charge >= 0.3 is 0 Å². The van der Waals surface area contributed by atoms with Crippen LogP contribution in [0.1, 0.15) is 12.0 Å². The lowest BCUT2D eigenvalue weighted by Crippen LogP contribution is -2.13. The van der Waals surface area contributed by atoms with Crippen LogP contribution in [0.2, 0.25) is 0 Å². The molecule has 1 heterocycles. The molecule has 1 aromatic carbocycles. The second kappa shape index (κ2) is 4.71. The van der Waals surface area contributed by atoms with Crippen LogP contribution in [0.5, 0.6) is 0 Å². The van der Waals surface area contributed by atoms with E-state index in [4.69, 9.17) is 0 Å². The Morgan fingerprint density at radius 1 is 1.19 bits per heavy atom. The molecule has 0 fully saturated rings. The third-order valence-electron chi connectivity index (χ3n) is 3.07. The largest absolute Gasteiger partial charge is 0.351 e. The zero-order valence-electron chi connectivity index (χ0n) is 10.4. The highest BCUT2D eigenvalue weighted by atomic mass is 15.0.